The van der Waals surface area contributed by atoms with Crippen molar-refractivity contribution in [2.45, 2.75) is 6.54 Å². The Morgan fingerprint density at radius 2 is 2.44 bits per heavy atom. The molecule has 0 spiro atoms. The van der Waals surface area contributed by atoms with Crippen molar-refractivity contribution in [2.24, 2.45) is 0 Å². The van der Waals surface area contributed by atoms with E-state index >= 15 is 0 Å². The monoisotopic (exact) mass is 243 g/mol. The first kappa shape index (κ1) is 12.1. The molecule has 92 valence electrons. The summed E-state index contributed by atoms with van der Waals surface area (Å²) in [4.78, 5) is 3.98. The second kappa shape index (κ2) is 5.80. The molecular formula is C12H13N5O. The van der Waals surface area contributed by atoms with Gasteiger partial charge in [-0.25, -0.2) is 4.98 Å². The molecule has 2 aromatic rings. The minimum absolute atomic E-state index is 0.363. The van der Waals surface area contributed by atoms with E-state index in [0.717, 1.165) is 5.69 Å². The lowest BCUT2D eigenvalue weighted by Gasteiger charge is -2.04. The second-order valence-corrected chi connectivity index (χ2v) is 3.62. The van der Waals surface area contributed by atoms with Crippen molar-refractivity contribution in [1.29, 1.82) is 5.26 Å². The van der Waals surface area contributed by atoms with Gasteiger partial charge < -0.3 is 10.1 Å². The van der Waals surface area contributed by atoms with E-state index in [2.05, 4.69) is 15.4 Å². The normalized spacial score (nSPS) is 10.0. The largest absolute Gasteiger partial charge is 0.383 e. The highest BCUT2D eigenvalue weighted by atomic mass is 16.5. The maximum Gasteiger partial charge on any atom is 0.163 e. The van der Waals surface area contributed by atoms with Crippen LogP contribution >= 0.6 is 0 Å². The molecule has 0 saturated carbocycles. The van der Waals surface area contributed by atoms with E-state index in [4.69, 9.17) is 10.00 Å². The van der Waals surface area contributed by atoms with Crippen LogP contribution < -0.4 is 5.32 Å². The first-order valence-corrected chi connectivity index (χ1v) is 5.47. The lowest BCUT2D eigenvalue weighted by Crippen LogP contribution is -2.04. The molecule has 1 N–H and O–H groups in total. The van der Waals surface area contributed by atoms with Crippen LogP contribution in [0.3, 0.4) is 0 Å². The molecule has 0 bridgehead atoms. The zero-order valence-electron chi connectivity index (χ0n) is 10.00. The highest BCUT2D eigenvalue weighted by Crippen LogP contribution is 2.17. The number of methoxy groups -OCH3 is 1. The van der Waals surface area contributed by atoms with Gasteiger partial charge in [-0.1, -0.05) is 0 Å². The number of anilines is 2. The van der Waals surface area contributed by atoms with Crippen molar-refractivity contribution in [2.75, 3.05) is 19.0 Å². The lowest BCUT2D eigenvalue weighted by atomic mass is 10.3. The average Bonchev–Trinajstić information content (AvgIpc) is 2.84. The molecule has 0 unspecified atom stereocenters. The summed E-state index contributed by atoms with van der Waals surface area (Å²) in [6.45, 7) is 1.30. The van der Waals surface area contributed by atoms with Gasteiger partial charge in [0, 0.05) is 19.5 Å². The van der Waals surface area contributed by atoms with Gasteiger partial charge in [-0.15, -0.1) is 0 Å². The van der Waals surface area contributed by atoms with Crippen LogP contribution in [-0.4, -0.2) is 28.5 Å². The van der Waals surface area contributed by atoms with Crippen LogP contribution in [0.25, 0.3) is 0 Å². The van der Waals surface area contributed by atoms with E-state index in [9.17, 15) is 0 Å². The van der Waals surface area contributed by atoms with Gasteiger partial charge in [0.15, 0.2) is 5.69 Å². The number of nitrogens with zero attached hydrogens (tertiary/aromatic N) is 4. The Morgan fingerprint density at radius 1 is 1.56 bits per heavy atom. The molecule has 0 atom stereocenters. The van der Waals surface area contributed by atoms with Gasteiger partial charge in [0.2, 0.25) is 0 Å². The van der Waals surface area contributed by atoms with Gasteiger partial charge in [-0.05, 0) is 12.1 Å². The predicted octanol–water partition coefficient (Wildman–Crippen LogP) is 1.54. The summed E-state index contributed by atoms with van der Waals surface area (Å²) in [7, 11) is 1.65. The quantitative estimate of drug-likeness (QED) is 0.862. The van der Waals surface area contributed by atoms with E-state index in [0.29, 0.717) is 24.5 Å². The summed E-state index contributed by atoms with van der Waals surface area (Å²) < 4.78 is 6.75. The summed E-state index contributed by atoms with van der Waals surface area (Å²) in [6, 6.07) is 5.62. The van der Waals surface area contributed by atoms with Crippen LogP contribution in [0.5, 0.6) is 0 Å². The molecule has 0 aliphatic rings. The molecule has 0 saturated heterocycles. The molecule has 0 aliphatic carbocycles. The van der Waals surface area contributed by atoms with E-state index in [1.807, 2.05) is 12.3 Å². The van der Waals surface area contributed by atoms with E-state index in [-0.39, 0.29) is 0 Å². The second-order valence-electron chi connectivity index (χ2n) is 3.62. The van der Waals surface area contributed by atoms with Crippen LogP contribution in [0.15, 0.2) is 30.7 Å². The number of rotatable bonds is 5. The van der Waals surface area contributed by atoms with Crippen LogP contribution in [0, 0.1) is 11.3 Å². The topological polar surface area (TPSA) is 75.8 Å². The number of pyridine rings is 1. The number of ether oxygens (including phenoxy) is 1. The van der Waals surface area contributed by atoms with Crippen LogP contribution in [-0.2, 0) is 11.3 Å². The molecule has 2 aromatic heterocycles. The molecular weight excluding hydrogens is 230 g/mol. The van der Waals surface area contributed by atoms with Crippen molar-refractivity contribution in [3.63, 3.8) is 0 Å². The minimum atomic E-state index is 0.363. The van der Waals surface area contributed by atoms with Gasteiger partial charge in [0.05, 0.1) is 30.7 Å². The number of hydrogen-bond acceptors (Lipinski definition) is 5. The van der Waals surface area contributed by atoms with E-state index in [1.165, 1.54) is 0 Å². The third kappa shape index (κ3) is 2.84. The standard InChI is InChI=1S/C12H13N5O/c1-18-6-5-17-9-10(8-15-17)16-11-3-2-4-14-12(11)7-13/h2-4,8-9,16H,5-6H2,1H3. The Morgan fingerprint density at radius 3 is 3.22 bits per heavy atom. The van der Waals surface area contributed by atoms with Crippen LogP contribution in [0.2, 0.25) is 0 Å². The number of nitrogens with one attached hydrogen (secondary N) is 1. The Labute approximate surface area is 105 Å². The average molecular weight is 243 g/mol. The van der Waals surface area contributed by atoms with Crippen LogP contribution in [0.1, 0.15) is 5.69 Å². The first-order chi connectivity index (χ1) is 8.83. The van der Waals surface area contributed by atoms with Crippen molar-refractivity contribution in [3.8, 4) is 6.07 Å². The molecule has 0 amide bonds. The molecule has 0 radical (unpaired) electrons. The molecule has 2 rings (SSSR count). The molecule has 0 aliphatic heterocycles. The fraction of sp³-hybridized carbons (Fsp3) is 0.250. The van der Waals surface area contributed by atoms with E-state index < -0.39 is 0 Å². The number of hydrogen-bond donors (Lipinski definition) is 1. The first-order valence-electron chi connectivity index (χ1n) is 5.47. The minimum Gasteiger partial charge on any atom is -0.383 e. The maximum atomic E-state index is 8.93. The maximum absolute atomic E-state index is 8.93. The van der Waals surface area contributed by atoms with Gasteiger partial charge in [-0.2, -0.15) is 10.4 Å². The summed E-state index contributed by atoms with van der Waals surface area (Å²) in [5.41, 5.74) is 1.85. The van der Waals surface area contributed by atoms with Gasteiger partial charge >= 0.3 is 0 Å². The summed E-state index contributed by atoms with van der Waals surface area (Å²) >= 11 is 0. The SMILES string of the molecule is COCCn1cc(Nc2cccnc2C#N)cn1. The van der Waals surface area contributed by atoms with Gasteiger partial charge in [0.1, 0.15) is 6.07 Å². The molecule has 0 aromatic carbocycles. The zero-order chi connectivity index (χ0) is 12.8. The Hall–Kier alpha value is -2.39. The summed E-state index contributed by atoms with van der Waals surface area (Å²) in [6.07, 6.45) is 5.14. The van der Waals surface area contributed by atoms with Gasteiger partial charge in [-0.3, -0.25) is 4.68 Å². The molecule has 6 heteroatoms. The van der Waals surface area contributed by atoms with Gasteiger partial charge in [0.25, 0.3) is 0 Å². The fourth-order valence-corrected chi connectivity index (χ4v) is 1.49. The fourth-order valence-electron chi connectivity index (χ4n) is 1.49. The van der Waals surface area contributed by atoms with Crippen molar-refractivity contribution < 1.29 is 4.74 Å². The number of nitriles is 1. The Bertz CT molecular complexity index is 558. The number of aromatic nitrogens is 3. The smallest absolute Gasteiger partial charge is 0.163 e. The summed E-state index contributed by atoms with van der Waals surface area (Å²) in [5.74, 6) is 0. The van der Waals surface area contributed by atoms with Crippen LogP contribution in [0.4, 0.5) is 11.4 Å². The molecule has 2 heterocycles. The third-order valence-electron chi connectivity index (χ3n) is 2.35. The highest BCUT2D eigenvalue weighted by Gasteiger charge is 2.04. The van der Waals surface area contributed by atoms with Crippen molar-refractivity contribution in [3.05, 3.63) is 36.4 Å². The predicted molar refractivity (Wildman–Crippen MR) is 66.3 cm³/mol. The van der Waals surface area contributed by atoms with Crippen molar-refractivity contribution in [1.82, 2.24) is 14.8 Å². The zero-order valence-corrected chi connectivity index (χ0v) is 10.00. The Balaban J connectivity index is 2.09. The highest BCUT2D eigenvalue weighted by molar-refractivity contribution is 5.63. The molecule has 0 fully saturated rings. The molecule has 18 heavy (non-hydrogen) atoms. The van der Waals surface area contributed by atoms with E-state index in [1.54, 1.807) is 36.3 Å². The lowest BCUT2D eigenvalue weighted by molar-refractivity contribution is 0.183. The third-order valence-corrected chi connectivity index (χ3v) is 2.35. The Kier molecular flexibility index (Phi) is 3.89. The van der Waals surface area contributed by atoms with Crippen molar-refractivity contribution >= 4 is 11.4 Å². The summed E-state index contributed by atoms with van der Waals surface area (Å²) in [5, 5.41) is 16.2. The molecule has 6 nitrogen and oxygen atoms in total.